The van der Waals surface area contributed by atoms with E-state index in [4.69, 9.17) is 4.74 Å². The molecule has 2 N–H and O–H groups in total. The molecule has 0 spiro atoms. The van der Waals surface area contributed by atoms with E-state index in [9.17, 15) is 18.8 Å². The highest BCUT2D eigenvalue weighted by molar-refractivity contribution is 6.09. The Morgan fingerprint density at radius 2 is 1.73 bits per heavy atom. The molecule has 0 aromatic heterocycles. The number of hydrogen-bond donors (Lipinski definition) is 2. The Morgan fingerprint density at radius 1 is 1.13 bits per heavy atom. The van der Waals surface area contributed by atoms with E-state index < -0.39 is 17.5 Å². The van der Waals surface area contributed by atoms with Crippen molar-refractivity contribution in [2.45, 2.75) is 31.8 Å². The Kier molecular flexibility index (Phi) is 5.15. The van der Waals surface area contributed by atoms with Gasteiger partial charge in [0.15, 0.2) is 0 Å². The Labute approximate surface area is 173 Å². The normalized spacial score (nSPS) is 20.8. The van der Waals surface area contributed by atoms with Crippen molar-refractivity contribution in [3.8, 4) is 11.5 Å². The van der Waals surface area contributed by atoms with Crippen LogP contribution in [-0.2, 0) is 16.1 Å². The lowest BCUT2D eigenvalue weighted by Crippen LogP contribution is -2.46. The third-order valence-electron chi connectivity index (χ3n) is 5.46. The Hall–Kier alpha value is -3.42. The lowest BCUT2D eigenvalue weighted by atomic mass is 9.96. The number of ether oxygens (including phenoxy) is 1. The summed E-state index contributed by atoms with van der Waals surface area (Å²) in [4.78, 5) is 37.9. The minimum absolute atomic E-state index is 0.151. The van der Waals surface area contributed by atoms with Crippen LogP contribution in [0.15, 0.2) is 48.5 Å². The molecule has 1 saturated carbocycles. The van der Waals surface area contributed by atoms with Crippen LogP contribution in [0.2, 0.25) is 0 Å². The molecule has 1 heterocycles. The molecule has 8 heteroatoms. The van der Waals surface area contributed by atoms with Crippen LogP contribution in [-0.4, -0.2) is 34.8 Å². The molecule has 156 valence electrons. The van der Waals surface area contributed by atoms with E-state index >= 15 is 0 Å². The zero-order valence-electron chi connectivity index (χ0n) is 16.5. The van der Waals surface area contributed by atoms with Gasteiger partial charge in [-0.15, -0.1) is 0 Å². The van der Waals surface area contributed by atoms with Gasteiger partial charge in [-0.3, -0.25) is 14.5 Å². The largest absolute Gasteiger partial charge is 0.457 e. The third kappa shape index (κ3) is 4.12. The van der Waals surface area contributed by atoms with E-state index in [0.717, 1.165) is 23.3 Å². The number of nitrogens with zero attached hydrogens (tertiary/aromatic N) is 1. The van der Waals surface area contributed by atoms with Crippen molar-refractivity contribution in [2.24, 2.45) is 5.92 Å². The Morgan fingerprint density at radius 3 is 2.33 bits per heavy atom. The molecule has 30 heavy (non-hydrogen) atoms. The zero-order valence-corrected chi connectivity index (χ0v) is 16.5. The first-order chi connectivity index (χ1) is 14.3. The molecule has 0 radical (unpaired) electrons. The number of halogens is 1. The van der Waals surface area contributed by atoms with Gasteiger partial charge in [0, 0.05) is 6.54 Å². The maximum atomic E-state index is 12.9. The van der Waals surface area contributed by atoms with Crippen molar-refractivity contribution in [2.75, 3.05) is 6.54 Å². The van der Waals surface area contributed by atoms with Crippen LogP contribution in [0.4, 0.5) is 9.18 Å². The fourth-order valence-corrected chi connectivity index (χ4v) is 3.51. The smallest absolute Gasteiger partial charge is 0.325 e. The number of carbonyl (C=O) groups is 3. The van der Waals surface area contributed by atoms with Crippen molar-refractivity contribution in [3.05, 3.63) is 59.9 Å². The topological polar surface area (TPSA) is 87.7 Å². The van der Waals surface area contributed by atoms with Gasteiger partial charge in [-0.25, -0.2) is 9.18 Å². The Bertz CT molecular complexity index is 973. The standard InChI is InChI=1S/C22H22FN3O4/c1-22(15-4-5-15)20(28)26(21(29)25-22)13-19(27)24-12-14-2-8-17(9-3-14)30-18-10-6-16(23)7-11-18/h2-3,6-11,15H,4-5,12-13H2,1H3,(H,24,27)(H,25,29). The van der Waals surface area contributed by atoms with Gasteiger partial charge >= 0.3 is 6.03 Å². The van der Waals surface area contributed by atoms with E-state index in [1.54, 1.807) is 31.2 Å². The molecule has 0 bridgehead atoms. The van der Waals surface area contributed by atoms with Gasteiger partial charge in [-0.1, -0.05) is 12.1 Å². The molecule has 2 aromatic carbocycles. The van der Waals surface area contributed by atoms with Gasteiger partial charge < -0.3 is 15.4 Å². The van der Waals surface area contributed by atoms with E-state index in [1.165, 1.54) is 24.3 Å². The molecule has 1 aliphatic heterocycles. The molecule has 4 rings (SSSR count). The third-order valence-corrected chi connectivity index (χ3v) is 5.46. The number of imide groups is 1. The summed E-state index contributed by atoms with van der Waals surface area (Å²) in [6.07, 6.45) is 1.81. The molecule has 2 aliphatic rings. The fraction of sp³-hybridized carbons (Fsp3) is 0.318. The highest BCUT2D eigenvalue weighted by atomic mass is 19.1. The first-order valence-corrected chi connectivity index (χ1v) is 9.78. The predicted molar refractivity (Wildman–Crippen MR) is 106 cm³/mol. The maximum absolute atomic E-state index is 12.9. The van der Waals surface area contributed by atoms with E-state index in [0.29, 0.717) is 11.5 Å². The van der Waals surface area contributed by atoms with Crippen molar-refractivity contribution in [1.82, 2.24) is 15.5 Å². The molecule has 1 saturated heterocycles. The molecule has 1 aliphatic carbocycles. The number of urea groups is 1. The van der Waals surface area contributed by atoms with Crippen molar-refractivity contribution < 1.29 is 23.5 Å². The number of nitrogens with one attached hydrogen (secondary N) is 2. The van der Waals surface area contributed by atoms with Gasteiger partial charge in [-0.05, 0) is 67.6 Å². The second kappa shape index (κ2) is 7.78. The van der Waals surface area contributed by atoms with Crippen LogP contribution in [0.5, 0.6) is 11.5 Å². The average Bonchev–Trinajstić information content (AvgIpc) is 3.55. The van der Waals surface area contributed by atoms with Crippen molar-refractivity contribution in [1.29, 1.82) is 0 Å². The first-order valence-electron chi connectivity index (χ1n) is 9.78. The minimum Gasteiger partial charge on any atom is -0.457 e. The minimum atomic E-state index is -0.891. The summed E-state index contributed by atoms with van der Waals surface area (Å²) >= 11 is 0. The second-order valence-electron chi connectivity index (χ2n) is 7.77. The van der Waals surface area contributed by atoms with Crippen LogP contribution >= 0.6 is 0 Å². The summed E-state index contributed by atoms with van der Waals surface area (Å²) in [6, 6.07) is 12.2. The lowest BCUT2D eigenvalue weighted by molar-refractivity contribution is -0.135. The molecule has 2 fully saturated rings. The van der Waals surface area contributed by atoms with Gasteiger partial charge in [0.1, 0.15) is 29.4 Å². The summed E-state index contributed by atoms with van der Waals surface area (Å²) in [5.41, 5.74) is -0.0626. The highest BCUT2D eigenvalue weighted by Crippen LogP contribution is 2.42. The first kappa shape index (κ1) is 19.9. The van der Waals surface area contributed by atoms with Crippen molar-refractivity contribution >= 4 is 17.8 Å². The number of benzene rings is 2. The number of hydrogen-bond acceptors (Lipinski definition) is 4. The number of rotatable bonds is 7. The Balaban J connectivity index is 1.28. The summed E-state index contributed by atoms with van der Waals surface area (Å²) in [6.45, 7) is 1.66. The maximum Gasteiger partial charge on any atom is 0.325 e. The SMILES string of the molecule is CC1(C2CC2)NC(=O)N(CC(=O)NCc2ccc(Oc3ccc(F)cc3)cc2)C1=O. The molecule has 7 nitrogen and oxygen atoms in total. The van der Waals surface area contributed by atoms with Gasteiger partial charge in [0.25, 0.3) is 5.91 Å². The van der Waals surface area contributed by atoms with Gasteiger partial charge in [-0.2, -0.15) is 0 Å². The summed E-state index contributed by atoms with van der Waals surface area (Å²) in [7, 11) is 0. The molecule has 1 atom stereocenters. The van der Waals surface area contributed by atoms with Crippen LogP contribution in [0.1, 0.15) is 25.3 Å². The zero-order chi connectivity index (χ0) is 21.3. The highest BCUT2D eigenvalue weighted by Gasteiger charge is 2.56. The predicted octanol–water partition coefficient (Wildman–Crippen LogP) is 2.95. The molecule has 2 aromatic rings. The number of amides is 4. The second-order valence-corrected chi connectivity index (χ2v) is 7.77. The fourth-order valence-electron chi connectivity index (χ4n) is 3.51. The van der Waals surface area contributed by atoms with Gasteiger partial charge in [0.05, 0.1) is 0 Å². The van der Waals surface area contributed by atoms with Gasteiger partial charge in [0.2, 0.25) is 5.91 Å². The molecule has 1 unspecified atom stereocenters. The van der Waals surface area contributed by atoms with Crippen LogP contribution in [0.3, 0.4) is 0 Å². The summed E-state index contributed by atoms with van der Waals surface area (Å²) in [5, 5.41) is 5.44. The summed E-state index contributed by atoms with van der Waals surface area (Å²) < 4.78 is 18.6. The van der Waals surface area contributed by atoms with Crippen LogP contribution in [0.25, 0.3) is 0 Å². The van der Waals surface area contributed by atoms with Crippen LogP contribution < -0.4 is 15.4 Å². The quantitative estimate of drug-likeness (QED) is 0.686. The van der Waals surface area contributed by atoms with Crippen molar-refractivity contribution in [3.63, 3.8) is 0 Å². The van der Waals surface area contributed by atoms with E-state index in [2.05, 4.69) is 10.6 Å². The molecule has 4 amide bonds. The molecular weight excluding hydrogens is 389 g/mol. The lowest BCUT2D eigenvalue weighted by Gasteiger charge is -2.20. The summed E-state index contributed by atoms with van der Waals surface area (Å²) in [5.74, 6) is 0.161. The van der Waals surface area contributed by atoms with E-state index in [-0.39, 0.29) is 30.7 Å². The molecular formula is C22H22FN3O4. The average molecular weight is 411 g/mol. The monoisotopic (exact) mass is 411 g/mol. The van der Waals surface area contributed by atoms with Crippen LogP contribution in [0, 0.1) is 11.7 Å². The number of carbonyl (C=O) groups excluding carboxylic acids is 3. The van der Waals surface area contributed by atoms with E-state index in [1.807, 2.05) is 0 Å².